The number of sulfone groups is 1. The Labute approximate surface area is 208 Å². The van der Waals surface area contributed by atoms with E-state index in [1.54, 1.807) is 18.2 Å². The van der Waals surface area contributed by atoms with Crippen LogP contribution in [-0.2, 0) is 15.3 Å². The first-order chi connectivity index (χ1) is 15.9. The van der Waals surface area contributed by atoms with E-state index in [0.29, 0.717) is 21.3 Å². The lowest BCUT2D eigenvalue weighted by atomic mass is 9.94. The first-order valence-electron chi connectivity index (χ1n) is 10.8. The van der Waals surface area contributed by atoms with Crippen LogP contribution in [0, 0.1) is 0 Å². The number of amides is 3. The zero-order chi connectivity index (χ0) is 24.7. The summed E-state index contributed by atoms with van der Waals surface area (Å²) < 4.78 is 23.6. The third-order valence-electron chi connectivity index (χ3n) is 5.68. The molecular formula is C24H26ClN3O4S2. The topological polar surface area (TPSA) is 95.6 Å². The number of rotatable bonds is 3. The molecule has 2 heterocycles. The van der Waals surface area contributed by atoms with Crippen molar-refractivity contribution in [2.75, 3.05) is 35.2 Å². The number of carbonyl (C=O) groups excluding carboxylic acids is 2. The molecule has 180 valence electrons. The highest BCUT2D eigenvalue weighted by Gasteiger charge is 2.30. The van der Waals surface area contributed by atoms with Crippen LogP contribution in [0.25, 0.3) is 10.8 Å². The molecule has 1 fully saturated rings. The molecule has 0 radical (unpaired) electrons. The molecule has 0 saturated carbocycles. The van der Waals surface area contributed by atoms with Crippen molar-refractivity contribution in [1.29, 1.82) is 0 Å². The van der Waals surface area contributed by atoms with Gasteiger partial charge in [0.1, 0.15) is 5.00 Å². The number of thiophene rings is 1. The van der Waals surface area contributed by atoms with Crippen molar-refractivity contribution < 1.29 is 18.0 Å². The highest BCUT2D eigenvalue weighted by molar-refractivity contribution is 7.91. The maximum atomic E-state index is 13.3. The van der Waals surface area contributed by atoms with Gasteiger partial charge in [-0.1, -0.05) is 56.6 Å². The maximum Gasteiger partial charge on any atom is 0.324 e. The number of urea groups is 1. The fourth-order valence-corrected chi connectivity index (χ4v) is 6.26. The average molecular weight is 520 g/mol. The van der Waals surface area contributed by atoms with Crippen LogP contribution in [0.3, 0.4) is 0 Å². The number of nitrogens with one attached hydrogen (secondary N) is 2. The molecule has 0 unspecified atom stereocenters. The van der Waals surface area contributed by atoms with E-state index in [0.717, 1.165) is 15.6 Å². The molecule has 7 nitrogen and oxygen atoms in total. The molecule has 3 aromatic rings. The first kappa shape index (κ1) is 24.5. The molecule has 0 spiro atoms. The number of hydrogen-bond acceptors (Lipinski definition) is 5. The highest BCUT2D eigenvalue weighted by Crippen LogP contribution is 2.37. The zero-order valence-corrected chi connectivity index (χ0v) is 21.5. The average Bonchev–Trinajstić information content (AvgIpc) is 3.19. The third-order valence-corrected chi connectivity index (χ3v) is 9.09. The van der Waals surface area contributed by atoms with Crippen LogP contribution in [0.1, 0.15) is 36.0 Å². The monoisotopic (exact) mass is 519 g/mol. The van der Waals surface area contributed by atoms with Crippen LogP contribution in [0.4, 0.5) is 15.5 Å². The van der Waals surface area contributed by atoms with Gasteiger partial charge in [0.2, 0.25) is 0 Å². The van der Waals surface area contributed by atoms with Crippen LogP contribution in [0.2, 0.25) is 5.02 Å². The van der Waals surface area contributed by atoms with Gasteiger partial charge in [0, 0.05) is 33.8 Å². The van der Waals surface area contributed by atoms with Crippen LogP contribution in [0.5, 0.6) is 0 Å². The Morgan fingerprint density at radius 2 is 1.65 bits per heavy atom. The van der Waals surface area contributed by atoms with Crippen molar-refractivity contribution >= 4 is 66.2 Å². The lowest BCUT2D eigenvalue weighted by Crippen LogP contribution is -2.43. The van der Waals surface area contributed by atoms with E-state index in [4.69, 9.17) is 11.6 Å². The minimum absolute atomic E-state index is 0.0537. The van der Waals surface area contributed by atoms with Gasteiger partial charge in [-0.15, -0.1) is 11.3 Å². The third kappa shape index (κ3) is 5.21. The van der Waals surface area contributed by atoms with Gasteiger partial charge in [-0.3, -0.25) is 10.1 Å². The van der Waals surface area contributed by atoms with E-state index in [1.165, 1.54) is 16.2 Å². The van der Waals surface area contributed by atoms with E-state index >= 15 is 0 Å². The predicted octanol–water partition coefficient (Wildman–Crippen LogP) is 5.37. The summed E-state index contributed by atoms with van der Waals surface area (Å²) in [4.78, 5) is 28.7. The van der Waals surface area contributed by atoms with E-state index in [-0.39, 0.29) is 35.9 Å². The first-order valence-corrected chi connectivity index (χ1v) is 13.9. The van der Waals surface area contributed by atoms with Gasteiger partial charge in [0.15, 0.2) is 9.84 Å². The van der Waals surface area contributed by atoms with Gasteiger partial charge >= 0.3 is 6.03 Å². The number of nitrogens with zero attached hydrogens (tertiary/aromatic N) is 1. The summed E-state index contributed by atoms with van der Waals surface area (Å²) in [5, 5.41) is 8.34. The molecule has 1 aliphatic heterocycles. The molecule has 2 aromatic carbocycles. The highest BCUT2D eigenvalue weighted by atomic mass is 35.5. The van der Waals surface area contributed by atoms with Gasteiger partial charge in [0.25, 0.3) is 5.91 Å². The Bertz CT molecular complexity index is 1360. The van der Waals surface area contributed by atoms with Crippen LogP contribution < -0.4 is 10.6 Å². The summed E-state index contributed by atoms with van der Waals surface area (Å²) in [6, 6.07) is 12.3. The van der Waals surface area contributed by atoms with Crippen molar-refractivity contribution in [2.45, 2.75) is 26.2 Å². The molecule has 34 heavy (non-hydrogen) atoms. The fourth-order valence-electron chi connectivity index (χ4n) is 3.73. The molecule has 1 aliphatic rings. The van der Waals surface area contributed by atoms with Crippen LogP contribution in [0.15, 0.2) is 42.5 Å². The summed E-state index contributed by atoms with van der Waals surface area (Å²) in [6.45, 7) is 6.38. The Morgan fingerprint density at radius 3 is 2.29 bits per heavy atom. The molecule has 0 atom stereocenters. The van der Waals surface area contributed by atoms with Crippen molar-refractivity contribution in [1.82, 2.24) is 4.90 Å². The summed E-state index contributed by atoms with van der Waals surface area (Å²) in [5.41, 5.74) is 0.734. The fraction of sp³-hybridized carbons (Fsp3) is 0.333. The lowest BCUT2D eigenvalue weighted by Gasteiger charge is -2.26. The predicted molar refractivity (Wildman–Crippen MR) is 139 cm³/mol. The number of anilines is 2. The molecule has 2 N–H and O–H groups in total. The van der Waals surface area contributed by atoms with E-state index in [2.05, 4.69) is 10.6 Å². The van der Waals surface area contributed by atoms with Gasteiger partial charge in [0.05, 0.1) is 22.8 Å². The second-order valence-electron chi connectivity index (χ2n) is 9.27. The molecule has 0 bridgehead atoms. The van der Waals surface area contributed by atoms with Gasteiger partial charge in [-0.05, 0) is 23.6 Å². The summed E-state index contributed by atoms with van der Waals surface area (Å²) in [5.74, 6) is -0.391. The second-order valence-corrected chi connectivity index (χ2v) is 13.0. The Kier molecular flexibility index (Phi) is 6.63. The minimum Gasteiger partial charge on any atom is -0.337 e. The molecule has 3 amide bonds. The molecule has 4 rings (SSSR count). The largest absolute Gasteiger partial charge is 0.337 e. The number of halogens is 1. The zero-order valence-electron chi connectivity index (χ0n) is 19.1. The molecule has 1 saturated heterocycles. The van der Waals surface area contributed by atoms with E-state index in [1.807, 2.05) is 45.0 Å². The summed E-state index contributed by atoms with van der Waals surface area (Å²) >= 11 is 7.63. The number of benzene rings is 2. The number of carbonyl (C=O) groups is 2. The van der Waals surface area contributed by atoms with Gasteiger partial charge < -0.3 is 10.2 Å². The standard InChI is InChI=1S/C24H26ClN3O4S2/c1-24(2,3)20-14-17(22(29)28-10-12-34(31,32)13-11-28)21(33-20)27-23(30)26-19-9-8-18(25)15-6-4-5-7-16(15)19/h4-9,14H,10-13H2,1-3H3,(H2,26,27,30). The second kappa shape index (κ2) is 9.20. The SMILES string of the molecule is CC(C)(C)c1cc(C(=O)N2CCS(=O)(=O)CC2)c(NC(=O)Nc2ccc(Cl)c3ccccc23)s1. The smallest absolute Gasteiger partial charge is 0.324 e. The quantitative estimate of drug-likeness (QED) is 0.486. The van der Waals surface area contributed by atoms with Gasteiger partial charge in [-0.25, -0.2) is 13.2 Å². The van der Waals surface area contributed by atoms with Crippen molar-refractivity contribution in [3.05, 3.63) is 57.9 Å². The Morgan fingerprint density at radius 1 is 1.00 bits per heavy atom. The van der Waals surface area contributed by atoms with E-state index in [9.17, 15) is 18.0 Å². The van der Waals surface area contributed by atoms with Gasteiger partial charge in [-0.2, -0.15) is 0 Å². The van der Waals surface area contributed by atoms with Crippen LogP contribution in [-0.4, -0.2) is 49.9 Å². The van der Waals surface area contributed by atoms with E-state index < -0.39 is 15.9 Å². The Hall–Kier alpha value is -2.62. The van der Waals surface area contributed by atoms with Crippen molar-refractivity contribution in [3.8, 4) is 0 Å². The summed E-state index contributed by atoms with van der Waals surface area (Å²) in [7, 11) is -3.11. The molecule has 1 aromatic heterocycles. The maximum absolute atomic E-state index is 13.3. The van der Waals surface area contributed by atoms with Crippen molar-refractivity contribution in [3.63, 3.8) is 0 Å². The normalized spacial score (nSPS) is 15.8. The lowest BCUT2D eigenvalue weighted by molar-refractivity contribution is 0.0771. The van der Waals surface area contributed by atoms with Crippen LogP contribution >= 0.6 is 22.9 Å². The molecule has 10 heteroatoms. The Balaban J connectivity index is 1.60. The summed E-state index contributed by atoms with van der Waals surface area (Å²) in [6.07, 6.45) is 0. The van der Waals surface area contributed by atoms with Crippen molar-refractivity contribution in [2.24, 2.45) is 0 Å². The molecule has 0 aliphatic carbocycles. The molecular weight excluding hydrogens is 494 g/mol. The number of fused-ring (bicyclic) bond motifs is 1. The number of hydrogen-bond donors (Lipinski definition) is 2. The minimum atomic E-state index is -3.11.